The Morgan fingerprint density at radius 1 is 1.13 bits per heavy atom. The zero-order valence-corrected chi connectivity index (χ0v) is 22.5. The van der Waals surface area contributed by atoms with E-state index in [0.717, 1.165) is 55.3 Å². The highest BCUT2D eigenvalue weighted by atomic mass is 32.2. The van der Waals surface area contributed by atoms with Crippen LogP contribution >= 0.6 is 0 Å². The smallest absolute Gasteiger partial charge is 0.267 e. The van der Waals surface area contributed by atoms with Gasteiger partial charge in [0.25, 0.3) is 5.91 Å². The summed E-state index contributed by atoms with van der Waals surface area (Å²) in [6, 6.07) is 22.4. The van der Waals surface area contributed by atoms with Crippen molar-refractivity contribution in [3.63, 3.8) is 0 Å². The normalized spacial score (nSPS) is 15.2. The van der Waals surface area contributed by atoms with Gasteiger partial charge in [0.1, 0.15) is 0 Å². The molecule has 1 aliphatic rings. The van der Waals surface area contributed by atoms with E-state index >= 15 is 0 Å². The molecule has 1 aromatic heterocycles. The van der Waals surface area contributed by atoms with Gasteiger partial charge >= 0.3 is 0 Å². The van der Waals surface area contributed by atoms with Crippen LogP contribution in [0.4, 0.5) is 5.69 Å². The van der Waals surface area contributed by atoms with Crippen LogP contribution in [0.25, 0.3) is 17.0 Å². The quantitative estimate of drug-likeness (QED) is 0.130. The summed E-state index contributed by atoms with van der Waals surface area (Å²) in [5.74, 6) is -0.561. The molecular formula is C30H32N4O4S. The number of para-hydroxylation sites is 1. The van der Waals surface area contributed by atoms with Crippen LogP contribution in [0.15, 0.2) is 79.0 Å². The average molecular weight is 545 g/mol. The Hall–Kier alpha value is -3.92. The molecule has 0 spiro atoms. The number of anilines is 1. The summed E-state index contributed by atoms with van der Waals surface area (Å²) in [6.45, 7) is 1.58. The third-order valence-corrected chi connectivity index (χ3v) is 7.78. The molecule has 0 saturated heterocycles. The molecule has 1 aliphatic carbocycles. The van der Waals surface area contributed by atoms with Gasteiger partial charge in [-0.3, -0.25) is 19.6 Å². The predicted octanol–water partition coefficient (Wildman–Crippen LogP) is 4.79. The van der Waals surface area contributed by atoms with Crippen molar-refractivity contribution >= 4 is 38.6 Å². The molecule has 0 radical (unpaired) electrons. The van der Waals surface area contributed by atoms with Crippen molar-refractivity contribution in [3.05, 3.63) is 107 Å². The topological polar surface area (TPSA) is 115 Å². The number of hydroxylamine groups is 1. The molecule has 5 rings (SSSR count). The summed E-state index contributed by atoms with van der Waals surface area (Å²) in [4.78, 5) is 17.3. The second-order valence-electron chi connectivity index (χ2n) is 9.97. The molecule has 3 aromatic carbocycles. The number of carbonyl (C=O) groups excluding carboxylic acids is 1. The van der Waals surface area contributed by atoms with Gasteiger partial charge in [0, 0.05) is 48.0 Å². The number of hydrogen-bond donors (Lipinski definition) is 4. The molecular weight excluding hydrogens is 512 g/mol. The molecule has 0 aliphatic heterocycles. The van der Waals surface area contributed by atoms with Gasteiger partial charge < -0.3 is 4.98 Å². The van der Waals surface area contributed by atoms with Gasteiger partial charge in [0.15, 0.2) is 0 Å². The van der Waals surface area contributed by atoms with E-state index in [2.05, 4.69) is 51.1 Å². The number of aromatic amines is 1. The number of H-pyrrole nitrogens is 1. The highest BCUT2D eigenvalue weighted by molar-refractivity contribution is 7.92. The van der Waals surface area contributed by atoms with Gasteiger partial charge in [0.2, 0.25) is 10.0 Å². The fourth-order valence-electron chi connectivity index (χ4n) is 5.38. The molecule has 0 fully saturated rings. The molecule has 202 valence electrons. The van der Waals surface area contributed by atoms with Crippen molar-refractivity contribution < 1.29 is 18.4 Å². The first-order chi connectivity index (χ1) is 18.8. The maximum absolute atomic E-state index is 11.6. The summed E-state index contributed by atoms with van der Waals surface area (Å²) in [5.41, 5.74) is 9.15. The molecule has 1 amide bonds. The van der Waals surface area contributed by atoms with Crippen molar-refractivity contribution in [2.75, 3.05) is 17.5 Å². The fraction of sp³-hybridized carbons (Fsp3) is 0.233. The first-order valence-corrected chi connectivity index (χ1v) is 14.8. The number of hydrogen-bond acceptors (Lipinski definition) is 5. The number of aromatic nitrogens is 1. The Morgan fingerprint density at radius 3 is 2.69 bits per heavy atom. The van der Waals surface area contributed by atoms with Gasteiger partial charge in [-0.05, 0) is 71.4 Å². The third kappa shape index (κ3) is 6.57. The Bertz CT molecular complexity index is 1610. The molecule has 39 heavy (non-hydrogen) atoms. The predicted molar refractivity (Wildman–Crippen MR) is 154 cm³/mol. The van der Waals surface area contributed by atoms with Gasteiger partial charge in [-0.25, -0.2) is 13.9 Å². The molecule has 4 aromatic rings. The van der Waals surface area contributed by atoms with E-state index in [4.69, 9.17) is 5.21 Å². The number of rotatable bonds is 10. The summed E-state index contributed by atoms with van der Waals surface area (Å²) in [5, 5.41) is 9.98. The van der Waals surface area contributed by atoms with Crippen molar-refractivity contribution in [2.45, 2.75) is 31.8 Å². The number of nitrogens with zero attached hydrogens (tertiary/aromatic N) is 1. The first kappa shape index (κ1) is 26.7. The van der Waals surface area contributed by atoms with Crippen LogP contribution in [0.2, 0.25) is 0 Å². The zero-order valence-electron chi connectivity index (χ0n) is 21.7. The zero-order chi connectivity index (χ0) is 27.4. The lowest BCUT2D eigenvalue weighted by molar-refractivity contribution is -0.124. The van der Waals surface area contributed by atoms with Crippen molar-refractivity contribution in [2.24, 2.45) is 0 Å². The molecule has 8 nitrogen and oxygen atoms in total. The lowest BCUT2D eigenvalue weighted by Crippen LogP contribution is -2.29. The second kappa shape index (κ2) is 11.4. The van der Waals surface area contributed by atoms with Crippen molar-refractivity contribution in [3.8, 4) is 0 Å². The van der Waals surface area contributed by atoms with Gasteiger partial charge in [-0.2, -0.15) is 0 Å². The summed E-state index contributed by atoms with van der Waals surface area (Å²) in [7, 11) is -3.33. The van der Waals surface area contributed by atoms with Crippen molar-refractivity contribution in [1.82, 2.24) is 15.4 Å². The van der Waals surface area contributed by atoms with Crippen LogP contribution in [0, 0.1) is 0 Å². The van der Waals surface area contributed by atoms with Gasteiger partial charge in [-0.15, -0.1) is 0 Å². The minimum absolute atomic E-state index is 0.234. The molecule has 0 saturated carbocycles. The van der Waals surface area contributed by atoms with Crippen LogP contribution in [-0.4, -0.2) is 42.2 Å². The van der Waals surface area contributed by atoms with E-state index in [-0.39, 0.29) is 6.04 Å². The van der Waals surface area contributed by atoms with Crippen LogP contribution in [-0.2, 0) is 34.2 Å². The fourth-order valence-corrected chi connectivity index (χ4v) is 5.95. The van der Waals surface area contributed by atoms with Crippen LogP contribution in [0.3, 0.4) is 0 Å². The third-order valence-electron chi connectivity index (χ3n) is 7.18. The Labute approximate surface area is 228 Å². The van der Waals surface area contributed by atoms with E-state index in [1.165, 1.54) is 28.2 Å². The number of benzene rings is 3. The van der Waals surface area contributed by atoms with Crippen LogP contribution in [0.1, 0.15) is 40.3 Å². The number of fused-ring (bicyclic) bond motifs is 2. The number of carbonyl (C=O) groups is 1. The molecule has 9 heteroatoms. The molecule has 4 N–H and O–H groups in total. The highest BCUT2D eigenvalue weighted by Crippen LogP contribution is 2.37. The summed E-state index contributed by atoms with van der Waals surface area (Å²) < 4.78 is 25.7. The Kier molecular flexibility index (Phi) is 7.83. The lowest BCUT2D eigenvalue weighted by atomic mass is 10.0. The Morgan fingerprint density at radius 2 is 1.92 bits per heavy atom. The molecule has 1 heterocycles. The van der Waals surface area contributed by atoms with E-state index in [1.54, 1.807) is 23.7 Å². The van der Waals surface area contributed by atoms with Gasteiger partial charge in [-0.1, -0.05) is 48.5 Å². The lowest BCUT2D eigenvalue weighted by Gasteiger charge is -2.30. The van der Waals surface area contributed by atoms with E-state index < -0.39 is 15.9 Å². The highest BCUT2D eigenvalue weighted by Gasteiger charge is 2.28. The van der Waals surface area contributed by atoms with E-state index in [0.29, 0.717) is 5.69 Å². The standard InChI is InChI=1S/C30H32N4O4S/c1-39(37,38)33-25-11-6-22(7-12-25)20-34(17-16-24-19-31-28-5-3-2-4-26(24)28)29-14-10-23-18-21(8-13-27(23)29)9-15-30(35)32-36/h2-9,11-13,15,18-19,29,31,33,36H,10,14,16-17,20H2,1H3,(H,32,35)/b15-9+. The number of sulfonamides is 1. The maximum Gasteiger partial charge on any atom is 0.267 e. The van der Waals surface area contributed by atoms with Crippen molar-refractivity contribution in [1.29, 1.82) is 0 Å². The van der Waals surface area contributed by atoms with Crippen LogP contribution in [0.5, 0.6) is 0 Å². The summed E-state index contributed by atoms with van der Waals surface area (Å²) >= 11 is 0. The van der Waals surface area contributed by atoms with Crippen LogP contribution < -0.4 is 10.2 Å². The number of nitrogens with one attached hydrogen (secondary N) is 3. The number of aryl methyl sites for hydroxylation is 1. The Balaban J connectivity index is 1.39. The molecule has 1 atom stereocenters. The largest absolute Gasteiger partial charge is 0.361 e. The SMILES string of the molecule is CS(=O)(=O)Nc1ccc(CN(CCc2c[nH]c3ccccc23)C2CCc3cc(/C=C/C(=O)NO)ccc32)cc1. The molecule has 1 unspecified atom stereocenters. The maximum atomic E-state index is 11.6. The minimum Gasteiger partial charge on any atom is -0.361 e. The minimum atomic E-state index is -3.33. The first-order valence-electron chi connectivity index (χ1n) is 12.9. The second-order valence-corrected chi connectivity index (χ2v) is 11.7. The number of amides is 1. The van der Waals surface area contributed by atoms with E-state index in [1.807, 2.05) is 24.3 Å². The summed E-state index contributed by atoms with van der Waals surface area (Å²) in [6.07, 6.45) is 9.06. The average Bonchev–Trinajstić information content (AvgIpc) is 3.54. The van der Waals surface area contributed by atoms with Gasteiger partial charge in [0.05, 0.1) is 6.26 Å². The molecule has 0 bridgehead atoms. The monoisotopic (exact) mass is 544 g/mol. The van der Waals surface area contributed by atoms with E-state index in [9.17, 15) is 13.2 Å².